The Hall–Kier alpha value is -7.17. The SMILES string of the molecule is O=C(O)C1CCCN(c2ccccc2-c2cc(Sc3cc(-c4ccccc4N4CCCC(C(=O)O)C4)c(C=CC(=O)N4CC=CCC4)c(C(F)(F)F)c3C(F)(F)F)c(C(F)(F)F)c(C(F)(F)F)c2C=CC(=O)N2CC=CCC2)C1. The lowest BCUT2D eigenvalue weighted by atomic mass is 9.88. The molecule has 2 atom stereocenters. The minimum absolute atomic E-state index is 0.0101. The summed E-state index contributed by atoms with van der Waals surface area (Å²) in [5.41, 5.74) is -14.8. The predicted molar refractivity (Wildman–Crippen MR) is 272 cm³/mol. The minimum atomic E-state index is -6.13. The van der Waals surface area contributed by atoms with Gasteiger partial charge in [0.15, 0.2) is 0 Å². The number of hydrogen-bond acceptors (Lipinski definition) is 7. The lowest BCUT2D eigenvalue weighted by molar-refractivity contribution is -0.164. The normalized spacial score (nSPS) is 18.7. The van der Waals surface area contributed by atoms with E-state index >= 15 is 52.7 Å². The van der Waals surface area contributed by atoms with Gasteiger partial charge in [-0.05, 0) is 97.2 Å². The number of anilines is 2. The first-order valence-electron chi connectivity index (χ1n) is 25.0. The number of amides is 2. The number of aliphatic carboxylic acids is 2. The number of carbonyl (C=O) groups is 4. The van der Waals surface area contributed by atoms with Crippen LogP contribution in [0.15, 0.2) is 107 Å². The topological polar surface area (TPSA) is 122 Å². The van der Waals surface area contributed by atoms with E-state index in [1.807, 2.05) is 0 Å². The van der Waals surface area contributed by atoms with Crippen LogP contribution in [-0.2, 0) is 43.9 Å². The molecule has 2 N–H and O–H groups in total. The smallest absolute Gasteiger partial charge is 0.418 e. The molecule has 4 aromatic carbocycles. The molecule has 4 aliphatic heterocycles. The monoisotopic (exact) mass is 1130 g/mol. The van der Waals surface area contributed by atoms with Crippen molar-refractivity contribution in [3.05, 3.63) is 131 Å². The van der Waals surface area contributed by atoms with E-state index < -0.39 is 126 Å². The van der Waals surface area contributed by atoms with E-state index in [0.717, 1.165) is 0 Å². The summed E-state index contributed by atoms with van der Waals surface area (Å²) in [7, 11) is 0. The maximum Gasteiger partial charge on any atom is 0.418 e. The number of carbonyl (C=O) groups excluding carboxylic acids is 2. The molecular formula is C56H50F12N4O6S. The summed E-state index contributed by atoms with van der Waals surface area (Å²) in [6.07, 6.45) is -14.0. The molecule has 0 aromatic heterocycles. The summed E-state index contributed by atoms with van der Waals surface area (Å²) in [6, 6.07) is 11.4. The van der Waals surface area contributed by atoms with Crippen molar-refractivity contribution in [2.45, 2.75) is 73.0 Å². The zero-order chi connectivity index (χ0) is 57.2. The number of para-hydroxylation sites is 2. The van der Waals surface area contributed by atoms with Gasteiger partial charge in [-0.15, -0.1) is 0 Å². The zero-order valence-corrected chi connectivity index (χ0v) is 42.5. The van der Waals surface area contributed by atoms with Crippen LogP contribution in [0, 0.1) is 11.8 Å². The minimum Gasteiger partial charge on any atom is -0.481 e. The lowest BCUT2D eigenvalue weighted by Crippen LogP contribution is -2.39. The zero-order valence-electron chi connectivity index (χ0n) is 41.7. The van der Waals surface area contributed by atoms with Gasteiger partial charge in [0.2, 0.25) is 11.8 Å². The second kappa shape index (κ2) is 23.3. The molecular weight excluding hydrogens is 1080 g/mol. The van der Waals surface area contributed by atoms with Crippen LogP contribution in [0.5, 0.6) is 0 Å². The van der Waals surface area contributed by atoms with Gasteiger partial charge in [-0.1, -0.05) is 72.5 Å². The maximum absolute atomic E-state index is 16.0. The van der Waals surface area contributed by atoms with Crippen molar-refractivity contribution in [3.8, 4) is 22.3 Å². The molecule has 23 heteroatoms. The van der Waals surface area contributed by atoms with Crippen molar-refractivity contribution >= 4 is 59.0 Å². The van der Waals surface area contributed by atoms with E-state index in [2.05, 4.69) is 0 Å². The summed E-state index contributed by atoms with van der Waals surface area (Å²) in [6.45, 7) is -0.133. The Morgan fingerprint density at radius 3 is 1.19 bits per heavy atom. The lowest BCUT2D eigenvalue weighted by Gasteiger charge is -2.34. The van der Waals surface area contributed by atoms with Crippen LogP contribution in [0.1, 0.15) is 71.9 Å². The van der Waals surface area contributed by atoms with Crippen molar-refractivity contribution in [1.82, 2.24) is 9.80 Å². The molecule has 420 valence electrons. The maximum atomic E-state index is 16.0. The van der Waals surface area contributed by atoms with Crippen LogP contribution in [-0.4, -0.2) is 96.1 Å². The molecule has 0 spiro atoms. The predicted octanol–water partition coefficient (Wildman–Crippen LogP) is 13.5. The molecule has 4 heterocycles. The highest BCUT2D eigenvalue weighted by atomic mass is 32.2. The van der Waals surface area contributed by atoms with Gasteiger partial charge in [0.1, 0.15) is 0 Å². The number of rotatable bonds is 12. The summed E-state index contributed by atoms with van der Waals surface area (Å²) in [5.74, 6) is -6.32. The van der Waals surface area contributed by atoms with Crippen molar-refractivity contribution in [3.63, 3.8) is 0 Å². The van der Waals surface area contributed by atoms with Crippen molar-refractivity contribution < 1.29 is 82.1 Å². The van der Waals surface area contributed by atoms with Gasteiger partial charge in [0.25, 0.3) is 0 Å². The number of halogens is 12. The van der Waals surface area contributed by atoms with E-state index in [-0.39, 0.29) is 101 Å². The van der Waals surface area contributed by atoms with Crippen LogP contribution in [0.4, 0.5) is 64.1 Å². The quantitative estimate of drug-likeness (QED) is 0.0811. The highest BCUT2D eigenvalue weighted by Gasteiger charge is 2.51. The summed E-state index contributed by atoms with van der Waals surface area (Å²) in [4.78, 5) is 53.5. The van der Waals surface area contributed by atoms with Crippen LogP contribution >= 0.6 is 11.8 Å². The third-order valence-corrected chi connectivity index (χ3v) is 15.2. The summed E-state index contributed by atoms with van der Waals surface area (Å²) < 4.78 is 192. The van der Waals surface area contributed by atoms with Gasteiger partial charge >= 0.3 is 36.6 Å². The Morgan fingerprint density at radius 1 is 0.494 bits per heavy atom. The van der Waals surface area contributed by atoms with Gasteiger partial charge in [0, 0.05) is 96.8 Å². The Balaban J connectivity index is 1.47. The Bertz CT molecular complexity index is 2920. The number of hydrogen-bond donors (Lipinski definition) is 2. The number of carboxylic acids is 2. The van der Waals surface area contributed by atoms with Crippen molar-refractivity contribution in [1.29, 1.82) is 0 Å². The van der Waals surface area contributed by atoms with Crippen molar-refractivity contribution in [2.24, 2.45) is 11.8 Å². The molecule has 4 aromatic rings. The van der Waals surface area contributed by atoms with Crippen LogP contribution in [0.25, 0.3) is 34.4 Å². The van der Waals surface area contributed by atoms with E-state index in [0.29, 0.717) is 49.3 Å². The third-order valence-electron chi connectivity index (χ3n) is 14.2. The first kappa shape index (κ1) is 58.0. The molecule has 2 amide bonds. The second-order valence-electron chi connectivity index (χ2n) is 19.3. The average Bonchev–Trinajstić information content (AvgIpc) is 3.58. The second-order valence-corrected chi connectivity index (χ2v) is 20.4. The van der Waals surface area contributed by atoms with Crippen LogP contribution in [0.3, 0.4) is 0 Å². The molecule has 2 unspecified atom stereocenters. The van der Waals surface area contributed by atoms with Gasteiger partial charge in [0.05, 0.1) is 34.1 Å². The number of benzene rings is 4. The first-order chi connectivity index (χ1) is 37.2. The number of piperidine rings is 2. The van der Waals surface area contributed by atoms with Crippen LogP contribution in [0.2, 0.25) is 0 Å². The molecule has 2 fully saturated rings. The van der Waals surface area contributed by atoms with Gasteiger partial charge in [-0.2, -0.15) is 52.7 Å². The average molecular weight is 1140 g/mol. The molecule has 4 aliphatic rings. The largest absolute Gasteiger partial charge is 0.481 e. The first-order valence-corrected chi connectivity index (χ1v) is 25.8. The number of carboxylic acid groups (broad SMARTS) is 2. The molecule has 0 aliphatic carbocycles. The molecule has 10 nitrogen and oxygen atoms in total. The number of nitrogens with zero attached hydrogens (tertiary/aromatic N) is 4. The van der Waals surface area contributed by atoms with Crippen molar-refractivity contribution in [2.75, 3.05) is 62.2 Å². The molecule has 2 saturated heterocycles. The highest BCUT2D eigenvalue weighted by Crippen LogP contribution is 2.56. The van der Waals surface area contributed by atoms with Crippen LogP contribution < -0.4 is 9.80 Å². The van der Waals surface area contributed by atoms with Gasteiger partial charge < -0.3 is 29.8 Å². The van der Waals surface area contributed by atoms with E-state index in [9.17, 15) is 29.4 Å². The Morgan fingerprint density at radius 2 is 0.861 bits per heavy atom. The highest BCUT2D eigenvalue weighted by molar-refractivity contribution is 7.99. The van der Waals surface area contributed by atoms with E-state index in [1.54, 1.807) is 24.3 Å². The Kier molecular flexibility index (Phi) is 17.1. The summed E-state index contributed by atoms with van der Waals surface area (Å²) >= 11 is -0.660. The fraction of sp³-hybridized carbons (Fsp3) is 0.357. The van der Waals surface area contributed by atoms with Gasteiger partial charge in [-0.3, -0.25) is 19.2 Å². The molecule has 0 bridgehead atoms. The third kappa shape index (κ3) is 13.0. The molecule has 0 saturated carbocycles. The standard InChI is InChI=1S/C56H50F12N4O6S/c57-53(58,59)47-37(19-21-45(73)69-23-7-1-8-24-69)39(35-15-3-5-17-41(35)71-27-11-13-33(31-71)51(75)76)29-43(49(47)55(63,64)65)79-44-30-40(36-16-4-6-18-42(36)72-28-12-14-34(32-72)52(77)78)38(20-22-46(74)70-25-9-2-10-26-70)48(54(60,61)62)50(44)56(66,67)68/h1-7,9,15-22,29-30,33-34H,8,10-14,23-28,31-32H2,(H,75,76)(H,77,78). The summed E-state index contributed by atoms with van der Waals surface area (Å²) in [5, 5.41) is 19.9. The Labute approximate surface area is 449 Å². The molecule has 0 radical (unpaired) electrons. The van der Waals surface area contributed by atoms with Gasteiger partial charge in [-0.25, -0.2) is 0 Å². The number of alkyl halides is 12. The fourth-order valence-corrected chi connectivity index (χ4v) is 11.8. The molecule has 8 rings (SSSR count). The van der Waals surface area contributed by atoms with E-state index in [1.165, 1.54) is 68.1 Å². The van der Waals surface area contributed by atoms with E-state index in [4.69, 9.17) is 0 Å². The fourth-order valence-electron chi connectivity index (χ4n) is 10.5. The molecule has 79 heavy (non-hydrogen) atoms.